The van der Waals surface area contributed by atoms with Gasteiger partial charge in [0.15, 0.2) is 0 Å². The molecule has 106 valence electrons. The SMILES string of the molecule is O=C(O)[C@@H](CO)NS(=O)(=O)c1cccc2ncccc12. The van der Waals surface area contributed by atoms with Gasteiger partial charge in [0.25, 0.3) is 0 Å². The van der Waals surface area contributed by atoms with Gasteiger partial charge < -0.3 is 10.2 Å². The smallest absolute Gasteiger partial charge is 0.324 e. The number of carboxylic acids is 1. The standard InChI is InChI=1S/C12H12N2O5S/c15-7-10(12(16)17)14-20(18,19)11-5-1-4-9-8(11)3-2-6-13-9/h1-6,10,14-15H,7H2,(H,16,17)/t10-/m1/s1. The van der Waals surface area contributed by atoms with Crippen LogP contribution in [-0.2, 0) is 14.8 Å². The molecule has 20 heavy (non-hydrogen) atoms. The summed E-state index contributed by atoms with van der Waals surface area (Å²) in [6, 6.07) is 6.08. The minimum absolute atomic E-state index is 0.0807. The number of hydrogen-bond donors (Lipinski definition) is 3. The Morgan fingerprint density at radius 3 is 2.70 bits per heavy atom. The number of nitrogens with one attached hydrogen (secondary N) is 1. The minimum atomic E-state index is -4.07. The van der Waals surface area contributed by atoms with Crippen LogP contribution in [0.1, 0.15) is 0 Å². The molecule has 3 N–H and O–H groups in total. The van der Waals surface area contributed by atoms with Crippen LogP contribution >= 0.6 is 0 Å². The second-order valence-corrected chi connectivity index (χ2v) is 5.70. The van der Waals surface area contributed by atoms with Gasteiger partial charge in [0.05, 0.1) is 17.0 Å². The van der Waals surface area contributed by atoms with Crippen molar-refractivity contribution in [3.63, 3.8) is 0 Å². The molecule has 1 heterocycles. The van der Waals surface area contributed by atoms with Crippen LogP contribution in [0.5, 0.6) is 0 Å². The van der Waals surface area contributed by atoms with Crippen LogP contribution in [0.15, 0.2) is 41.4 Å². The third kappa shape index (κ3) is 2.77. The predicted octanol–water partition coefficient (Wildman–Crippen LogP) is -0.0414. The summed E-state index contributed by atoms with van der Waals surface area (Å²) in [4.78, 5) is 14.8. The van der Waals surface area contributed by atoms with E-state index < -0.39 is 28.6 Å². The van der Waals surface area contributed by atoms with E-state index in [1.54, 1.807) is 18.2 Å². The maximum absolute atomic E-state index is 12.2. The molecule has 0 bridgehead atoms. The highest BCUT2D eigenvalue weighted by Crippen LogP contribution is 2.21. The van der Waals surface area contributed by atoms with Gasteiger partial charge in [-0.05, 0) is 24.3 Å². The van der Waals surface area contributed by atoms with E-state index in [0.29, 0.717) is 10.9 Å². The van der Waals surface area contributed by atoms with Gasteiger partial charge in [-0.25, -0.2) is 8.42 Å². The summed E-state index contributed by atoms with van der Waals surface area (Å²) in [5.74, 6) is -1.45. The van der Waals surface area contributed by atoms with Crippen LogP contribution in [0.4, 0.5) is 0 Å². The Labute approximate surface area is 114 Å². The Morgan fingerprint density at radius 2 is 2.05 bits per heavy atom. The molecule has 0 aliphatic carbocycles. The quantitative estimate of drug-likeness (QED) is 0.712. The summed E-state index contributed by atoms with van der Waals surface area (Å²) >= 11 is 0. The van der Waals surface area contributed by atoms with Crippen molar-refractivity contribution in [2.24, 2.45) is 0 Å². The second kappa shape index (κ2) is 5.53. The van der Waals surface area contributed by atoms with Crippen LogP contribution < -0.4 is 4.72 Å². The average molecular weight is 296 g/mol. The van der Waals surface area contributed by atoms with E-state index in [1.807, 2.05) is 4.72 Å². The van der Waals surface area contributed by atoms with Crippen molar-refractivity contribution in [2.75, 3.05) is 6.61 Å². The van der Waals surface area contributed by atoms with Crippen LogP contribution in [0, 0.1) is 0 Å². The van der Waals surface area contributed by atoms with Gasteiger partial charge in [0, 0.05) is 11.6 Å². The highest BCUT2D eigenvalue weighted by Gasteiger charge is 2.25. The molecule has 0 saturated heterocycles. The van der Waals surface area contributed by atoms with Crippen molar-refractivity contribution >= 4 is 26.9 Å². The van der Waals surface area contributed by atoms with E-state index in [9.17, 15) is 13.2 Å². The number of aliphatic hydroxyl groups is 1. The molecular weight excluding hydrogens is 284 g/mol. The van der Waals surface area contributed by atoms with E-state index in [-0.39, 0.29) is 4.90 Å². The van der Waals surface area contributed by atoms with E-state index in [1.165, 1.54) is 18.3 Å². The molecule has 0 amide bonds. The molecule has 0 spiro atoms. The first-order valence-corrected chi connectivity index (χ1v) is 7.14. The first-order chi connectivity index (χ1) is 9.45. The molecule has 2 aromatic rings. The van der Waals surface area contributed by atoms with E-state index >= 15 is 0 Å². The number of pyridine rings is 1. The number of carboxylic acid groups (broad SMARTS) is 1. The minimum Gasteiger partial charge on any atom is -0.480 e. The second-order valence-electron chi connectivity index (χ2n) is 4.02. The largest absolute Gasteiger partial charge is 0.480 e. The fourth-order valence-electron chi connectivity index (χ4n) is 1.73. The predicted molar refractivity (Wildman–Crippen MR) is 70.6 cm³/mol. The van der Waals surface area contributed by atoms with Gasteiger partial charge in [-0.2, -0.15) is 4.72 Å². The molecule has 1 aromatic carbocycles. The third-order valence-electron chi connectivity index (χ3n) is 2.67. The number of carbonyl (C=O) groups is 1. The van der Waals surface area contributed by atoms with Crippen molar-refractivity contribution in [1.82, 2.24) is 9.71 Å². The maximum Gasteiger partial charge on any atom is 0.324 e. The molecular formula is C12H12N2O5S. The molecule has 0 aliphatic rings. The molecule has 7 nitrogen and oxygen atoms in total. The number of aliphatic carboxylic acids is 1. The number of rotatable bonds is 5. The maximum atomic E-state index is 12.2. The number of aromatic nitrogens is 1. The lowest BCUT2D eigenvalue weighted by Gasteiger charge is -2.13. The lowest BCUT2D eigenvalue weighted by atomic mass is 10.2. The number of fused-ring (bicyclic) bond motifs is 1. The van der Waals surface area contributed by atoms with Gasteiger partial charge in [-0.15, -0.1) is 0 Å². The van der Waals surface area contributed by atoms with E-state index in [0.717, 1.165) is 0 Å². The van der Waals surface area contributed by atoms with Crippen LogP contribution in [0.3, 0.4) is 0 Å². The van der Waals surface area contributed by atoms with Gasteiger partial charge in [-0.3, -0.25) is 9.78 Å². The van der Waals surface area contributed by atoms with Gasteiger partial charge >= 0.3 is 5.97 Å². The lowest BCUT2D eigenvalue weighted by molar-refractivity contribution is -0.139. The third-order valence-corrected chi connectivity index (χ3v) is 4.20. The van der Waals surface area contributed by atoms with Crippen molar-refractivity contribution in [3.8, 4) is 0 Å². The fraction of sp³-hybridized carbons (Fsp3) is 0.167. The Hall–Kier alpha value is -2.03. The zero-order valence-electron chi connectivity index (χ0n) is 10.2. The topological polar surface area (TPSA) is 117 Å². The average Bonchev–Trinajstić information content (AvgIpc) is 2.43. The molecule has 0 aliphatic heterocycles. The summed E-state index contributed by atoms with van der Waals surface area (Å²) in [6.45, 7) is -0.836. The molecule has 1 aromatic heterocycles. The normalized spacial score (nSPS) is 13.2. The summed E-state index contributed by atoms with van der Waals surface area (Å²) in [7, 11) is -4.07. The molecule has 0 saturated carbocycles. The monoisotopic (exact) mass is 296 g/mol. The fourth-order valence-corrected chi connectivity index (χ4v) is 3.12. The van der Waals surface area contributed by atoms with Crippen LogP contribution in [-0.4, -0.2) is 42.2 Å². The molecule has 8 heteroatoms. The van der Waals surface area contributed by atoms with Crippen molar-refractivity contribution < 1.29 is 23.4 Å². The zero-order chi connectivity index (χ0) is 14.8. The zero-order valence-corrected chi connectivity index (χ0v) is 11.0. The molecule has 0 fully saturated rings. The number of benzene rings is 1. The van der Waals surface area contributed by atoms with Crippen LogP contribution in [0.25, 0.3) is 10.9 Å². The molecule has 0 radical (unpaired) electrons. The molecule has 0 unspecified atom stereocenters. The Kier molecular flexibility index (Phi) is 3.98. The van der Waals surface area contributed by atoms with Crippen LogP contribution in [0.2, 0.25) is 0 Å². The van der Waals surface area contributed by atoms with Crippen molar-refractivity contribution in [1.29, 1.82) is 0 Å². The molecule has 2 rings (SSSR count). The highest BCUT2D eigenvalue weighted by atomic mass is 32.2. The van der Waals surface area contributed by atoms with E-state index in [4.69, 9.17) is 10.2 Å². The van der Waals surface area contributed by atoms with Crippen molar-refractivity contribution in [3.05, 3.63) is 36.5 Å². The van der Waals surface area contributed by atoms with Gasteiger partial charge in [0.1, 0.15) is 6.04 Å². The van der Waals surface area contributed by atoms with E-state index in [2.05, 4.69) is 4.98 Å². The summed E-state index contributed by atoms with van der Waals surface area (Å²) < 4.78 is 26.4. The number of nitrogens with zero attached hydrogens (tertiary/aromatic N) is 1. The highest BCUT2D eigenvalue weighted by molar-refractivity contribution is 7.89. The first kappa shape index (κ1) is 14.4. The van der Waals surface area contributed by atoms with Gasteiger partial charge in [-0.1, -0.05) is 6.07 Å². The summed E-state index contributed by atoms with van der Waals surface area (Å²) in [5, 5.41) is 18.1. The summed E-state index contributed by atoms with van der Waals surface area (Å²) in [5.41, 5.74) is 0.478. The van der Waals surface area contributed by atoms with Gasteiger partial charge in [0.2, 0.25) is 10.0 Å². The van der Waals surface area contributed by atoms with Crippen molar-refractivity contribution in [2.45, 2.75) is 10.9 Å². The summed E-state index contributed by atoms with van der Waals surface area (Å²) in [6.07, 6.45) is 1.53. The first-order valence-electron chi connectivity index (χ1n) is 5.65. The number of aliphatic hydroxyl groups excluding tert-OH is 1. The molecule has 1 atom stereocenters. The lowest BCUT2D eigenvalue weighted by Crippen LogP contribution is -2.43. The number of sulfonamides is 1. The Balaban J connectivity index is 2.50. The Morgan fingerprint density at radius 1 is 1.30 bits per heavy atom. The Bertz CT molecular complexity index is 739. The number of hydrogen-bond acceptors (Lipinski definition) is 5.